The van der Waals surface area contributed by atoms with Gasteiger partial charge in [-0.1, -0.05) is 36.4 Å². The molecule has 12 heteroatoms. The van der Waals surface area contributed by atoms with Crippen LogP contribution in [0.4, 0.5) is 24.5 Å². The topological polar surface area (TPSA) is 113 Å². The van der Waals surface area contributed by atoms with Gasteiger partial charge in [0.05, 0.1) is 33.5 Å². The normalized spacial score (nSPS) is 13.2. The number of carbonyl (C=O) groups is 3. The van der Waals surface area contributed by atoms with Crippen molar-refractivity contribution in [3.63, 3.8) is 0 Å². The highest BCUT2D eigenvalue weighted by atomic mass is 19.4. The number of hydrogen-bond acceptors (Lipinski definition) is 6. The number of rotatable bonds is 6. The van der Waals surface area contributed by atoms with Gasteiger partial charge in [0.15, 0.2) is 0 Å². The lowest BCUT2D eigenvalue weighted by molar-refractivity contribution is -0.384. The van der Waals surface area contributed by atoms with E-state index in [1.165, 1.54) is 12.3 Å². The van der Waals surface area contributed by atoms with Crippen molar-refractivity contribution in [2.24, 2.45) is 5.10 Å². The number of fused-ring (bicyclic) bond motifs is 1. The van der Waals surface area contributed by atoms with Crippen LogP contribution in [0.25, 0.3) is 0 Å². The molecule has 0 aliphatic carbocycles. The maximum Gasteiger partial charge on any atom is 0.416 e. The molecule has 0 fully saturated rings. The summed E-state index contributed by atoms with van der Waals surface area (Å²) in [7, 11) is 0. The van der Waals surface area contributed by atoms with Gasteiger partial charge in [0, 0.05) is 12.1 Å². The number of amides is 3. The molecule has 182 valence electrons. The molecule has 36 heavy (non-hydrogen) atoms. The Morgan fingerprint density at radius 2 is 1.67 bits per heavy atom. The quantitative estimate of drug-likeness (QED) is 0.219. The molecule has 0 radical (unpaired) electrons. The number of alkyl halides is 3. The van der Waals surface area contributed by atoms with Gasteiger partial charge in [-0.3, -0.25) is 29.4 Å². The second kappa shape index (κ2) is 9.41. The van der Waals surface area contributed by atoms with Crippen LogP contribution in [0.5, 0.6) is 0 Å². The van der Waals surface area contributed by atoms with Crippen LogP contribution in [-0.2, 0) is 11.0 Å². The summed E-state index contributed by atoms with van der Waals surface area (Å²) in [6.07, 6.45) is -3.45. The molecule has 3 amide bonds. The first-order chi connectivity index (χ1) is 17.1. The number of hydrogen-bond donors (Lipinski definition) is 0. The molecule has 3 aromatic rings. The average molecular weight is 496 g/mol. The minimum Gasteiger partial charge on any atom is -0.270 e. The van der Waals surface area contributed by atoms with Crippen LogP contribution in [0.15, 0.2) is 77.9 Å². The first-order valence-corrected chi connectivity index (χ1v) is 10.3. The maximum absolute atomic E-state index is 13.3. The monoisotopic (exact) mass is 496 g/mol. The van der Waals surface area contributed by atoms with Gasteiger partial charge >= 0.3 is 6.18 Å². The lowest BCUT2D eigenvalue weighted by Gasteiger charge is -2.21. The van der Waals surface area contributed by atoms with Crippen LogP contribution < -0.4 is 5.01 Å². The molecule has 0 N–H and O–H groups in total. The van der Waals surface area contributed by atoms with E-state index in [9.17, 15) is 37.7 Å². The van der Waals surface area contributed by atoms with Gasteiger partial charge in [-0.05, 0) is 29.8 Å². The Morgan fingerprint density at radius 1 is 0.972 bits per heavy atom. The molecule has 0 saturated heterocycles. The third-order valence-corrected chi connectivity index (χ3v) is 5.23. The third kappa shape index (κ3) is 4.82. The number of nitro benzene ring substituents is 1. The van der Waals surface area contributed by atoms with Crippen molar-refractivity contribution in [2.75, 3.05) is 11.6 Å². The van der Waals surface area contributed by atoms with Crippen LogP contribution in [0.2, 0.25) is 0 Å². The number of benzene rings is 3. The second-order valence-corrected chi connectivity index (χ2v) is 7.59. The number of nitro groups is 1. The zero-order valence-electron chi connectivity index (χ0n) is 18.2. The van der Waals surface area contributed by atoms with Gasteiger partial charge in [-0.25, -0.2) is 0 Å². The number of hydrazone groups is 1. The minimum atomic E-state index is -4.69. The van der Waals surface area contributed by atoms with Crippen molar-refractivity contribution in [1.29, 1.82) is 0 Å². The molecule has 9 nitrogen and oxygen atoms in total. The Morgan fingerprint density at radius 3 is 2.33 bits per heavy atom. The number of halogens is 3. The van der Waals surface area contributed by atoms with E-state index in [0.717, 1.165) is 30.3 Å². The van der Waals surface area contributed by atoms with E-state index < -0.39 is 46.6 Å². The number of carbonyl (C=O) groups excluding carboxylic acids is 3. The predicted molar refractivity (Wildman–Crippen MR) is 121 cm³/mol. The smallest absolute Gasteiger partial charge is 0.270 e. The fourth-order valence-corrected chi connectivity index (χ4v) is 3.49. The summed E-state index contributed by atoms with van der Waals surface area (Å²) < 4.78 is 39.8. The van der Waals surface area contributed by atoms with Crippen LogP contribution in [0, 0.1) is 10.1 Å². The SMILES string of the molecule is O=C1c2ccc([N+](=O)[O-])cc2C(=O)N1CC(=O)N(/N=C/c1ccccc1)c1cccc(C(F)(F)F)c1. The highest BCUT2D eigenvalue weighted by Crippen LogP contribution is 2.32. The number of nitrogens with zero attached hydrogens (tertiary/aromatic N) is 4. The summed E-state index contributed by atoms with van der Waals surface area (Å²) in [5, 5.41) is 15.7. The summed E-state index contributed by atoms with van der Waals surface area (Å²) >= 11 is 0. The maximum atomic E-state index is 13.3. The zero-order chi connectivity index (χ0) is 26.0. The van der Waals surface area contributed by atoms with E-state index in [0.29, 0.717) is 21.5 Å². The molecule has 1 heterocycles. The molecule has 0 saturated carbocycles. The molecule has 0 spiro atoms. The predicted octanol–water partition coefficient (Wildman–Crippen LogP) is 4.28. The van der Waals surface area contributed by atoms with Crippen molar-refractivity contribution in [3.05, 3.63) is 105 Å². The first-order valence-electron chi connectivity index (χ1n) is 10.3. The highest BCUT2D eigenvalue weighted by Gasteiger charge is 2.39. The van der Waals surface area contributed by atoms with Crippen molar-refractivity contribution >= 4 is 35.3 Å². The molecule has 3 aromatic carbocycles. The van der Waals surface area contributed by atoms with E-state index >= 15 is 0 Å². The molecular weight excluding hydrogens is 481 g/mol. The van der Waals surface area contributed by atoms with Gasteiger partial charge in [0.1, 0.15) is 6.54 Å². The van der Waals surface area contributed by atoms with E-state index in [-0.39, 0.29) is 16.8 Å². The second-order valence-electron chi connectivity index (χ2n) is 7.59. The summed E-state index contributed by atoms with van der Waals surface area (Å²) in [6, 6.07) is 15.4. The molecule has 0 unspecified atom stereocenters. The summed E-state index contributed by atoms with van der Waals surface area (Å²) in [5.74, 6) is -2.79. The van der Waals surface area contributed by atoms with E-state index in [1.54, 1.807) is 30.3 Å². The number of imide groups is 1. The summed E-state index contributed by atoms with van der Waals surface area (Å²) in [6.45, 7) is -0.859. The Hall–Kier alpha value is -4.87. The van der Waals surface area contributed by atoms with Crippen molar-refractivity contribution in [2.45, 2.75) is 6.18 Å². The van der Waals surface area contributed by atoms with E-state index in [4.69, 9.17) is 0 Å². The molecule has 1 aliphatic rings. The lowest BCUT2D eigenvalue weighted by Crippen LogP contribution is -2.41. The first kappa shape index (κ1) is 24.3. The standard InChI is InChI=1S/C24H15F3N4O5/c25-24(26,27)16-7-4-8-17(11-16)30(28-13-15-5-2-1-3-6-15)21(32)14-29-22(33)19-10-9-18(31(35)36)12-20(19)23(29)34/h1-13H,14H2/b28-13+. The molecule has 4 rings (SSSR count). The summed E-state index contributed by atoms with van der Waals surface area (Å²) in [4.78, 5) is 49.5. The number of non-ortho nitro benzene ring substituents is 1. The third-order valence-electron chi connectivity index (χ3n) is 5.23. The molecule has 0 atom stereocenters. The molecular formula is C24H15F3N4O5. The van der Waals surface area contributed by atoms with Crippen LogP contribution in [0.1, 0.15) is 31.8 Å². The Kier molecular flexibility index (Phi) is 6.34. The fourth-order valence-electron chi connectivity index (χ4n) is 3.49. The van der Waals surface area contributed by atoms with Crippen molar-refractivity contribution in [3.8, 4) is 0 Å². The Bertz CT molecular complexity index is 1410. The van der Waals surface area contributed by atoms with Gasteiger partial charge in [-0.2, -0.15) is 23.3 Å². The lowest BCUT2D eigenvalue weighted by atomic mass is 10.1. The molecule has 0 bridgehead atoms. The fraction of sp³-hybridized carbons (Fsp3) is 0.0833. The van der Waals surface area contributed by atoms with Gasteiger partial charge in [-0.15, -0.1) is 0 Å². The van der Waals surface area contributed by atoms with Crippen LogP contribution >= 0.6 is 0 Å². The van der Waals surface area contributed by atoms with Gasteiger partial charge < -0.3 is 0 Å². The highest BCUT2D eigenvalue weighted by molar-refractivity contribution is 6.23. The Labute approximate surface area is 201 Å². The van der Waals surface area contributed by atoms with Crippen LogP contribution in [0.3, 0.4) is 0 Å². The molecule has 0 aromatic heterocycles. The van der Waals surface area contributed by atoms with Gasteiger partial charge in [0.2, 0.25) is 0 Å². The van der Waals surface area contributed by atoms with Crippen molar-refractivity contribution < 1.29 is 32.5 Å². The summed E-state index contributed by atoms with van der Waals surface area (Å²) in [5.41, 5.74) is -1.52. The van der Waals surface area contributed by atoms with E-state index in [2.05, 4.69) is 5.10 Å². The zero-order valence-corrected chi connectivity index (χ0v) is 18.2. The largest absolute Gasteiger partial charge is 0.416 e. The Balaban J connectivity index is 1.66. The average Bonchev–Trinajstić information content (AvgIpc) is 3.08. The van der Waals surface area contributed by atoms with Crippen molar-refractivity contribution in [1.82, 2.24) is 4.90 Å². The molecule has 1 aliphatic heterocycles. The van der Waals surface area contributed by atoms with Gasteiger partial charge in [0.25, 0.3) is 23.4 Å². The van der Waals surface area contributed by atoms with E-state index in [1.807, 2.05) is 0 Å². The van der Waals surface area contributed by atoms with Crippen LogP contribution in [-0.4, -0.2) is 40.3 Å². The number of anilines is 1. The minimum absolute atomic E-state index is 0.128.